The average molecular weight is 273 g/mol. The van der Waals surface area contributed by atoms with E-state index in [1.165, 1.54) is 30.3 Å². The molecule has 0 aliphatic rings. The summed E-state index contributed by atoms with van der Waals surface area (Å²) in [6, 6.07) is 3.83. The van der Waals surface area contributed by atoms with E-state index in [9.17, 15) is 13.2 Å². The summed E-state index contributed by atoms with van der Waals surface area (Å²) in [5.74, 6) is -0.218. The lowest BCUT2D eigenvalue weighted by Crippen LogP contribution is -2.36. The molecular formula is C10H15N3O4S. The van der Waals surface area contributed by atoms with Crippen LogP contribution in [0.25, 0.3) is 0 Å². The Labute approximate surface area is 106 Å². The first-order valence-corrected chi connectivity index (χ1v) is 6.49. The van der Waals surface area contributed by atoms with E-state index in [-0.39, 0.29) is 16.2 Å². The van der Waals surface area contributed by atoms with Crippen LogP contribution in [0.3, 0.4) is 0 Å². The van der Waals surface area contributed by atoms with E-state index in [4.69, 9.17) is 9.88 Å². The van der Waals surface area contributed by atoms with Gasteiger partial charge in [-0.25, -0.2) is 18.6 Å². The number of carbonyl (C=O) groups excluding carboxylic acids is 1. The molecule has 0 spiro atoms. The van der Waals surface area contributed by atoms with E-state index in [1.54, 1.807) is 14.1 Å². The maximum Gasteiger partial charge on any atom is 0.269 e. The Morgan fingerprint density at radius 2 is 2.00 bits per heavy atom. The zero-order valence-corrected chi connectivity index (χ0v) is 11.1. The molecule has 8 heteroatoms. The number of rotatable bonds is 4. The number of nitrogens with two attached hydrogens (primary N) is 1. The molecule has 0 bridgehead atoms. The molecule has 100 valence electrons. The molecule has 1 rings (SSSR count). The van der Waals surface area contributed by atoms with E-state index in [0.717, 1.165) is 0 Å². The van der Waals surface area contributed by atoms with Crippen molar-refractivity contribution < 1.29 is 17.9 Å². The highest BCUT2D eigenvalue weighted by Crippen LogP contribution is 2.21. The standard InChI is InChI=1S/C10H15N3O4S/c1-13(2)12-10(14)8-6-7(18(11,15)16)4-5-9(8)17-3/h4-6H,1-3H3,(H,12,14)(H2,11,15,16). The van der Waals surface area contributed by atoms with Crippen molar-refractivity contribution in [2.45, 2.75) is 4.90 Å². The molecule has 3 N–H and O–H groups in total. The number of amides is 1. The van der Waals surface area contributed by atoms with Crippen LogP contribution in [0.5, 0.6) is 5.75 Å². The van der Waals surface area contributed by atoms with Gasteiger partial charge in [0.1, 0.15) is 5.75 Å². The average Bonchev–Trinajstić information content (AvgIpc) is 2.26. The van der Waals surface area contributed by atoms with Crippen LogP contribution >= 0.6 is 0 Å². The molecular weight excluding hydrogens is 258 g/mol. The van der Waals surface area contributed by atoms with E-state index in [2.05, 4.69) is 5.43 Å². The first kappa shape index (κ1) is 14.4. The molecule has 18 heavy (non-hydrogen) atoms. The predicted octanol–water partition coefficient (Wildman–Crippen LogP) is -0.451. The van der Waals surface area contributed by atoms with Gasteiger partial charge in [-0.3, -0.25) is 10.2 Å². The number of benzene rings is 1. The molecule has 0 aliphatic carbocycles. The minimum Gasteiger partial charge on any atom is -0.496 e. The summed E-state index contributed by atoms with van der Waals surface area (Å²) in [5.41, 5.74) is 2.59. The van der Waals surface area contributed by atoms with Gasteiger partial charge in [0.15, 0.2) is 0 Å². The highest BCUT2D eigenvalue weighted by molar-refractivity contribution is 7.89. The highest BCUT2D eigenvalue weighted by atomic mass is 32.2. The molecule has 1 aromatic carbocycles. The molecule has 0 unspecified atom stereocenters. The summed E-state index contributed by atoms with van der Waals surface area (Å²) in [6.45, 7) is 0. The maximum absolute atomic E-state index is 11.8. The van der Waals surface area contributed by atoms with Crippen LogP contribution in [0.15, 0.2) is 23.1 Å². The van der Waals surface area contributed by atoms with Gasteiger partial charge in [0, 0.05) is 14.1 Å². The molecule has 0 atom stereocenters. The van der Waals surface area contributed by atoms with Gasteiger partial charge < -0.3 is 4.74 Å². The number of methoxy groups -OCH3 is 1. The van der Waals surface area contributed by atoms with E-state index >= 15 is 0 Å². The number of nitrogens with zero attached hydrogens (tertiary/aromatic N) is 1. The Bertz CT molecular complexity index is 554. The fourth-order valence-corrected chi connectivity index (χ4v) is 1.84. The summed E-state index contributed by atoms with van der Waals surface area (Å²) in [7, 11) is 0.792. The zero-order chi connectivity index (χ0) is 13.9. The second-order valence-electron chi connectivity index (χ2n) is 3.74. The fraction of sp³-hybridized carbons (Fsp3) is 0.300. The highest BCUT2D eigenvalue weighted by Gasteiger charge is 2.17. The Hall–Kier alpha value is -1.64. The number of hydrogen-bond donors (Lipinski definition) is 2. The van der Waals surface area contributed by atoms with Crippen molar-refractivity contribution in [2.24, 2.45) is 5.14 Å². The van der Waals surface area contributed by atoms with Crippen LogP contribution in [0.2, 0.25) is 0 Å². The third-order valence-electron chi connectivity index (χ3n) is 2.07. The van der Waals surface area contributed by atoms with Crippen LogP contribution in [0.1, 0.15) is 10.4 Å². The Morgan fingerprint density at radius 3 is 2.44 bits per heavy atom. The predicted molar refractivity (Wildman–Crippen MR) is 65.5 cm³/mol. The molecule has 0 radical (unpaired) electrons. The van der Waals surface area contributed by atoms with Crippen molar-refractivity contribution in [2.75, 3.05) is 21.2 Å². The lowest BCUT2D eigenvalue weighted by Gasteiger charge is -2.14. The third kappa shape index (κ3) is 3.42. The van der Waals surface area contributed by atoms with Crippen LogP contribution in [0, 0.1) is 0 Å². The minimum absolute atomic E-state index is 0.0951. The maximum atomic E-state index is 11.8. The van der Waals surface area contributed by atoms with E-state index in [1.807, 2.05) is 0 Å². The van der Waals surface area contributed by atoms with Crippen molar-refractivity contribution in [3.05, 3.63) is 23.8 Å². The SMILES string of the molecule is COc1ccc(S(N)(=O)=O)cc1C(=O)NN(C)C. The number of nitrogens with one attached hydrogen (secondary N) is 1. The topological polar surface area (TPSA) is 102 Å². The summed E-state index contributed by atoms with van der Waals surface area (Å²) in [5, 5.41) is 6.44. The minimum atomic E-state index is -3.86. The molecule has 0 fully saturated rings. The van der Waals surface area contributed by atoms with Gasteiger partial charge in [-0.1, -0.05) is 0 Å². The summed E-state index contributed by atoms with van der Waals surface area (Å²) < 4.78 is 27.4. The van der Waals surface area contributed by atoms with Crippen LogP contribution in [-0.4, -0.2) is 40.5 Å². The lowest BCUT2D eigenvalue weighted by molar-refractivity contribution is 0.0853. The van der Waals surface area contributed by atoms with Gasteiger partial charge in [0.05, 0.1) is 17.6 Å². The molecule has 0 aliphatic heterocycles. The van der Waals surface area contributed by atoms with Crippen molar-refractivity contribution in [3.8, 4) is 5.75 Å². The van der Waals surface area contributed by atoms with Gasteiger partial charge in [-0.05, 0) is 18.2 Å². The Morgan fingerprint density at radius 1 is 1.39 bits per heavy atom. The monoisotopic (exact) mass is 273 g/mol. The second-order valence-corrected chi connectivity index (χ2v) is 5.30. The number of carbonyl (C=O) groups is 1. The van der Waals surface area contributed by atoms with Crippen molar-refractivity contribution in [3.63, 3.8) is 0 Å². The van der Waals surface area contributed by atoms with Crippen LogP contribution in [-0.2, 0) is 10.0 Å². The fourth-order valence-electron chi connectivity index (χ4n) is 1.30. The molecule has 0 saturated carbocycles. The summed E-state index contributed by atoms with van der Waals surface area (Å²) >= 11 is 0. The first-order valence-electron chi connectivity index (χ1n) is 4.95. The van der Waals surface area contributed by atoms with Crippen molar-refractivity contribution >= 4 is 15.9 Å². The summed E-state index contributed by atoms with van der Waals surface area (Å²) in [6.07, 6.45) is 0. The first-order chi connectivity index (χ1) is 8.25. The van der Waals surface area contributed by atoms with Gasteiger partial charge in [-0.2, -0.15) is 0 Å². The van der Waals surface area contributed by atoms with E-state index in [0.29, 0.717) is 0 Å². The van der Waals surface area contributed by atoms with Crippen LogP contribution < -0.4 is 15.3 Å². The Kier molecular flexibility index (Phi) is 4.28. The number of primary sulfonamides is 1. The second kappa shape index (κ2) is 5.34. The smallest absolute Gasteiger partial charge is 0.269 e. The largest absolute Gasteiger partial charge is 0.496 e. The van der Waals surface area contributed by atoms with Gasteiger partial charge in [-0.15, -0.1) is 0 Å². The Balaban J connectivity index is 3.27. The zero-order valence-electron chi connectivity index (χ0n) is 10.3. The number of ether oxygens (including phenoxy) is 1. The van der Waals surface area contributed by atoms with Gasteiger partial charge in [0.25, 0.3) is 5.91 Å². The van der Waals surface area contributed by atoms with Gasteiger partial charge >= 0.3 is 0 Å². The third-order valence-corrected chi connectivity index (χ3v) is 2.98. The van der Waals surface area contributed by atoms with Crippen molar-refractivity contribution in [1.29, 1.82) is 0 Å². The number of hydrazine groups is 1. The summed E-state index contributed by atoms with van der Waals surface area (Å²) in [4.78, 5) is 11.7. The van der Waals surface area contributed by atoms with Crippen LogP contribution in [0.4, 0.5) is 0 Å². The molecule has 0 aromatic heterocycles. The molecule has 1 aromatic rings. The normalized spacial score (nSPS) is 11.4. The molecule has 0 heterocycles. The van der Waals surface area contributed by atoms with Gasteiger partial charge in [0.2, 0.25) is 10.0 Å². The van der Waals surface area contributed by atoms with Crippen molar-refractivity contribution in [1.82, 2.24) is 10.4 Å². The molecule has 0 saturated heterocycles. The molecule has 1 amide bonds. The number of sulfonamides is 1. The molecule has 7 nitrogen and oxygen atoms in total. The lowest BCUT2D eigenvalue weighted by atomic mass is 10.2. The quantitative estimate of drug-likeness (QED) is 0.723. The van der Waals surface area contributed by atoms with E-state index < -0.39 is 15.9 Å². The number of hydrogen-bond acceptors (Lipinski definition) is 5.